The number of halogens is 1. The van der Waals surface area contributed by atoms with Gasteiger partial charge in [-0.1, -0.05) is 24.9 Å². The Kier molecular flexibility index (Phi) is 3.85. The van der Waals surface area contributed by atoms with Crippen LogP contribution in [0.5, 0.6) is 5.75 Å². The molecule has 2 aliphatic rings. The standard InChI is InChI=1S/C15H13ClN2O4/c1-2-3-6-21-10-5-4-8-7-9-13(19)17-15(20)18-14(9)22-12(8)11(10)16/h4-5,7H,2-3,6H2,1H3,(H,17,19,20). The van der Waals surface area contributed by atoms with Gasteiger partial charge in [0.2, 0.25) is 5.89 Å². The van der Waals surface area contributed by atoms with Crippen LogP contribution >= 0.6 is 11.6 Å². The highest BCUT2D eigenvalue weighted by atomic mass is 35.5. The molecule has 22 heavy (non-hydrogen) atoms. The second kappa shape index (κ2) is 5.81. The number of nitrogens with one attached hydrogen (secondary N) is 1. The van der Waals surface area contributed by atoms with Crippen LogP contribution in [0.25, 0.3) is 22.4 Å². The Morgan fingerprint density at radius 3 is 2.95 bits per heavy atom. The number of hydrogen-bond donors (Lipinski definition) is 1. The molecule has 114 valence electrons. The Morgan fingerprint density at radius 1 is 1.36 bits per heavy atom. The molecule has 2 heterocycles. The van der Waals surface area contributed by atoms with E-state index in [0.29, 0.717) is 28.3 Å². The van der Waals surface area contributed by atoms with E-state index < -0.39 is 11.2 Å². The number of benzene rings is 1. The molecule has 0 saturated carbocycles. The van der Waals surface area contributed by atoms with Gasteiger partial charge in [0.25, 0.3) is 5.56 Å². The third-order valence-corrected chi connectivity index (χ3v) is 3.60. The first-order valence-corrected chi connectivity index (χ1v) is 7.27. The average molecular weight is 321 g/mol. The normalized spacial score (nSPS) is 11.2. The minimum atomic E-state index is -0.757. The Hall–Kier alpha value is -2.34. The van der Waals surface area contributed by atoms with Crippen LogP contribution in [-0.4, -0.2) is 16.6 Å². The molecule has 0 aliphatic carbocycles. The molecule has 7 heteroatoms. The van der Waals surface area contributed by atoms with Crippen LogP contribution in [0, 0.1) is 0 Å². The Bertz CT molecular complexity index is 916. The Morgan fingerprint density at radius 2 is 2.18 bits per heavy atom. The molecule has 0 atom stereocenters. The molecule has 0 unspecified atom stereocenters. The van der Waals surface area contributed by atoms with Crippen LogP contribution in [0.15, 0.2) is 32.2 Å². The molecule has 0 saturated heterocycles. The maximum Gasteiger partial charge on any atom is 0.351 e. The van der Waals surface area contributed by atoms with Gasteiger partial charge in [0.15, 0.2) is 5.58 Å². The van der Waals surface area contributed by atoms with Crippen LogP contribution in [0.2, 0.25) is 5.02 Å². The number of ether oxygens (including phenoxy) is 1. The first kappa shape index (κ1) is 14.6. The van der Waals surface area contributed by atoms with Crippen LogP contribution in [0.1, 0.15) is 19.8 Å². The molecule has 2 aliphatic heterocycles. The van der Waals surface area contributed by atoms with Crippen molar-refractivity contribution in [2.24, 2.45) is 0 Å². The Labute approximate surface area is 130 Å². The van der Waals surface area contributed by atoms with E-state index in [1.807, 2.05) is 0 Å². The molecule has 0 spiro atoms. The quantitative estimate of drug-likeness (QED) is 0.590. The van der Waals surface area contributed by atoms with Crippen molar-refractivity contribution in [1.82, 2.24) is 9.97 Å². The number of H-pyrrole nitrogens is 1. The van der Waals surface area contributed by atoms with Gasteiger partial charge in [0.05, 0.1) is 6.61 Å². The van der Waals surface area contributed by atoms with Gasteiger partial charge in [0, 0.05) is 5.39 Å². The molecular weight excluding hydrogens is 308 g/mol. The van der Waals surface area contributed by atoms with E-state index in [1.165, 1.54) is 0 Å². The predicted molar refractivity (Wildman–Crippen MR) is 82.9 cm³/mol. The highest BCUT2D eigenvalue weighted by Gasteiger charge is 2.17. The molecule has 0 bridgehead atoms. The third-order valence-electron chi connectivity index (χ3n) is 3.24. The monoisotopic (exact) mass is 320 g/mol. The van der Waals surface area contributed by atoms with Gasteiger partial charge < -0.3 is 9.15 Å². The number of unbranched alkanes of at least 4 members (excludes halogenated alkanes) is 1. The molecule has 0 aromatic heterocycles. The van der Waals surface area contributed by atoms with E-state index in [4.69, 9.17) is 20.8 Å². The first-order valence-electron chi connectivity index (χ1n) is 6.89. The molecule has 1 aromatic rings. The summed E-state index contributed by atoms with van der Waals surface area (Å²) in [6, 6.07) is 5.06. The van der Waals surface area contributed by atoms with Gasteiger partial charge in [-0.15, -0.1) is 0 Å². The topological polar surface area (TPSA) is 85.2 Å². The summed E-state index contributed by atoms with van der Waals surface area (Å²) in [5.74, 6) is 0.451. The highest BCUT2D eigenvalue weighted by Crippen LogP contribution is 2.35. The maximum atomic E-state index is 11.8. The average Bonchev–Trinajstić information content (AvgIpc) is 2.49. The summed E-state index contributed by atoms with van der Waals surface area (Å²) in [5, 5.41) is 0.927. The zero-order valence-corrected chi connectivity index (χ0v) is 12.6. The summed E-state index contributed by atoms with van der Waals surface area (Å²) in [6.45, 7) is 2.62. The van der Waals surface area contributed by atoms with E-state index in [1.54, 1.807) is 18.2 Å². The fraction of sp³-hybridized carbons (Fsp3) is 0.267. The van der Waals surface area contributed by atoms with Crippen molar-refractivity contribution in [2.45, 2.75) is 19.8 Å². The molecule has 6 nitrogen and oxygen atoms in total. The molecule has 0 radical (unpaired) electrons. The van der Waals surface area contributed by atoms with Gasteiger partial charge in [-0.3, -0.25) is 9.78 Å². The van der Waals surface area contributed by atoms with Crippen molar-refractivity contribution in [3.63, 3.8) is 0 Å². The first-order chi connectivity index (χ1) is 10.6. The second-order valence-corrected chi connectivity index (χ2v) is 5.21. The van der Waals surface area contributed by atoms with Crippen molar-refractivity contribution in [3.8, 4) is 17.2 Å². The molecule has 1 aromatic carbocycles. The number of hydrogen-bond acceptors (Lipinski definition) is 5. The number of aromatic amines is 1. The summed E-state index contributed by atoms with van der Waals surface area (Å²) in [5.41, 5.74) is -0.768. The van der Waals surface area contributed by atoms with Crippen molar-refractivity contribution in [2.75, 3.05) is 6.61 Å². The second-order valence-electron chi connectivity index (χ2n) is 4.83. The van der Waals surface area contributed by atoms with Gasteiger partial charge in [-0.05, 0) is 24.6 Å². The van der Waals surface area contributed by atoms with Crippen molar-refractivity contribution in [1.29, 1.82) is 0 Å². The lowest BCUT2D eigenvalue weighted by atomic mass is 10.1. The third kappa shape index (κ3) is 2.57. The van der Waals surface area contributed by atoms with Crippen LogP contribution in [0.4, 0.5) is 0 Å². The molecule has 1 N–H and O–H groups in total. The van der Waals surface area contributed by atoms with Crippen molar-refractivity contribution in [3.05, 3.63) is 44.1 Å². The molecule has 3 rings (SSSR count). The highest BCUT2D eigenvalue weighted by molar-refractivity contribution is 6.36. The van der Waals surface area contributed by atoms with Gasteiger partial charge in [-0.25, -0.2) is 4.79 Å². The van der Waals surface area contributed by atoms with E-state index in [9.17, 15) is 9.59 Å². The zero-order chi connectivity index (χ0) is 15.7. The SMILES string of the molecule is CCCCOc1ccc2cc3c(=O)[nH]c(=O)nc-3oc2c1Cl. The Balaban J connectivity index is 2.18. The fourth-order valence-electron chi connectivity index (χ4n) is 2.11. The maximum absolute atomic E-state index is 11.8. The number of aromatic nitrogens is 2. The van der Waals surface area contributed by atoms with Gasteiger partial charge >= 0.3 is 5.69 Å². The lowest BCUT2D eigenvalue weighted by Gasteiger charge is -2.10. The lowest BCUT2D eigenvalue weighted by molar-refractivity contribution is 0.309. The summed E-state index contributed by atoms with van der Waals surface area (Å²) >= 11 is 6.29. The number of rotatable bonds is 4. The van der Waals surface area contributed by atoms with E-state index in [2.05, 4.69) is 16.9 Å². The summed E-state index contributed by atoms with van der Waals surface area (Å²) in [7, 11) is 0. The summed E-state index contributed by atoms with van der Waals surface area (Å²) < 4.78 is 11.1. The zero-order valence-electron chi connectivity index (χ0n) is 11.8. The molecular formula is C15H13ClN2O4. The summed E-state index contributed by atoms with van der Waals surface area (Å²) in [4.78, 5) is 28.8. The lowest BCUT2D eigenvalue weighted by Crippen LogP contribution is -2.24. The van der Waals surface area contributed by atoms with Crippen molar-refractivity contribution < 1.29 is 9.15 Å². The number of nitrogens with zero attached hydrogens (tertiary/aromatic N) is 1. The van der Waals surface area contributed by atoms with E-state index in [0.717, 1.165) is 12.8 Å². The van der Waals surface area contributed by atoms with Crippen LogP contribution < -0.4 is 16.0 Å². The van der Waals surface area contributed by atoms with Crippen molar-refractivity contribution >= 4 is 22.6 Å². The van der Waals surface area contributed by atoms with Gasteiger partial charge in [0.1, 0.15) is 16.3 Å². The smallest absolute Gasteiger partial charge is 0.351 e. The molecule has 0 amide bonds. The summed E-state index contributed by atoms with van der Waals surface area (Å²) in [6.07, 6.45) is 1.93. The van der Waals surface area contributed by atoms with Crippen LogP contribution in [0.3, 0.4) is 0 Å². The minimum absolute atomic E-state index is 0.0474. The largest absolute Gasteiger partial charge is 0.492 e. The predicted octanol–water partition coefficient (Wildman–Crippen LogP) is 2.81. The van der Waals surface area contributed by atoms with E-state index in [-0.39, 0.29) is 11.5 Å². The fourth-order valence-corrected chi connectivity index (χ4v) is 2.37. The van der Waals surface area contributed by atoms with Gasteiger partial charge in [-0.2, -0.15) is 4.98 Å². The molecule has 0 fully saturated rings. The number of fused-ring (bicyclic) bond motifs is 2. The van der Waals surface area contributed by atoms with E-state index >= 15 is 0 Å². The minimum Gasteiger partial charge on any atom is -0.492 e. The van der Waals surface area contributed by atoms with Crippen LogP contribution in [-0.2, 0) is 0 Å².